The van der Waals surface area contributed by atoms with Crippen LogP contribution in [0.5, 0.6) is 0 Å². The molecule has 0 unspecified atom stereocenters. The van der Waals surface area contributed by atoms with Gasteiger partial charge in [-0.15, -0.1) is 0 Å². The van der Waals surface area contributed by atoms with E-state index in [4.69, 9.17) is 0 Å². The zero-order valence-electron chi connectivity index (χ0n) is 11.5. The van der Waals surface area contributed by atoms with Crippen LogP contribution in [0.1, 0.15) is 22.8 Å². The fourth-order valence-corrected chi connectivity index (χ4v) is 3.00. The summed E-state index contributed by atoms with van der Waals surface area (Å²) in [5, 5.41) is 14.5. The normalized spacial score (nSPS) is 20.0. The Labute approximate surface area is 130 Å². The van der Waals surface area contributed by atoms with Crippen LogP contribution in [0, 0.1) is 16.0 Å². The van der Waals surface area contributed by atoms with Gasteiger partial charge in [-0.3, -0.25) is 14.9 Å². The van der Waals surface area contributed by atoms with Gasteiger partial charge in [0.1, 0.15) is 0 Å². The molecule has 1 fully saturated rings. The maximum atomic E-state index is 12.0. The van der Waals surface area contributed by atoms with Crippen LogP contribution in [-0.2, 0) is 4.79 Å². The maximum Gasteiger partial charge on any atom is 0.324 e. The Kier molecular flexibility index (Phi) is 3.97. The van der Waals surface area contributed by atoms with Crippen molar-refractivity contribution in [2.75, 3.05) is 0 Å². The van der Waals surface area contributed by atoms with Crippen LogP contribution in [0.4, 0.5) is 5.00 Å². The fraction of sp³-hybridized carbons (Fsp3) is 0.200. The molecule has 0 bridgehead atoms. The molecule has 2 aromatic rings. The van der Waals surface area contributed by atoms with Gasteiger partial charge in [-0.25, -0.2) is 5.43 Å². The predicted molar refractivity (Wildman–Crippen MR) is 84.0 cm³/mol. The molecule has 0 radical (unpaired) electrons. The van der Waals surface area contributed by atoms with E-state index >= 15 is 0 Å². The molecule has 1 amide bonds. The van der Waals surface area contributed by atoms with E-state index in [1.165, 1.54) is 17.8 Å². The van der Waals surface area contributed by atoms with Crippen LogP contribution >= 0.6 is 11.3 Å². The van der Waals surface area contributed by atoms with E-state index < -0.39 is 4.92 Å². The first-order chi connectivity index (χ1) is 10.6. The van der Waals surface area contributed by atoms with Crippen LogP contribution in [0.25, 0.3) is 0 Å². The number of carbonyl (C=O) groups excluding carboxylic acids is 1. The van der Waals surface area contributed by atoms with Gasteiger partial charge in [0.2, 0.25) is 5.91 Å². The van der Waals surface area contributed by atoms with E-state index in [0.717, 1.165) is 17.8 Å². The highest BCUT2D eigenvalue weighted by atomic mass is 32.1. The zero-order valence-corrected chi connectivity index (χ0v) is 12.3. The lowest BCUT2D eigenvalue weighted by Gasteiger charge is -1.99. The lowest BCUT2D eigenvalue weighted by atomic mass is 10.1. The number of hydrogen-bond acceptors (Lipinski definition) is 5. The van der Waals surface area contributed by atoms with E-state index in [0.29, 0.717) is 4.88 Å². The third-order valence-corrected chi connectivity index (χ3v) is 4.49. The molecule has 0 spiro atoms. The molecular weight excluding hydrogens is 302 g/mol. The molecule has 0 saturated heterocycles. The van der Waals surface area contributed by atoms with Crippen molar-refractivity contribution in [2.45, 2.75) is 12.3 Å². The summed E-state index contributed by atoms with van der Waals surface area (Å²) in [6.07, 6.45) is 2.26. The van der Waals surface area contributed by atoms with Gasteiger partial charge in [-0.2, -0.15) is 5.10 Å². The molecule has 3 rings (SSSR count). The standard InChI is InChI=1S/C15H13N3O3S/c19-15(13-8-12(13)10-4-2-1-3-5-10)17-16-9-11-6-7-14(22-11)18(20)21/h1-7,9,12-13H,8H2,(H,17,19)/t12-,13-/m0/s1. The molecule has 1 aromatic heterocycles. The Balaban J connectivity index is 1.53. The average Bonchev–Trinajstić information content (AvgIpc) is 3.19. The van der Waals surface area contributed by atoms with Gasteiger partial charge in [0.15, 0.2) is 0 Å². The Morgan fingerprint density at radius 1 is 1.32 bits per heavy atom. The Bertz CT molecular complexity index is 727. The summed E-state index contributed by atoms with van der Waals surface area (Å²) in [6, 6.07) is 12.9. The van der Waals surface area contributed by atoms with Gasteiger partial charge in [-0.05, 0) is 24.0 Å². The fourth-order valence-electron chi connectivity index (χ4n) is 2.31. The molecule has 1 saturated carbocycles. The number of nitrogens with one attached hydrogen (secondary N) is 1. The second-order valence-electron chi connectivity index (χ2n) is 5.03. The molecule has 112 valence electrons. The van der Waals surface area contributed by atoms with Crippen LogP contribution in [0.3, 0.4) is 0 Å². The minimum Gasteiger partial charge on any atom is -0.273 e. The molecule has 22 heavy (non-hydrogen) atoms. The zero-order chi connectivity index (χ0) is 15.5. The quantitative estimate of drug-likeness (QED) is 0.523. The largest absolute Gasteiger partial charge is 0.324 e. The highest BCUT2D eigenvalue weighted by Gasteiger charge is 2.43. The van der Waals surface area contributed by atoms with E-state index in [1.807, 2.05) is 30.3 Å². The summed E-state index contributed by atoms with van der Waals surface area (Å²) in [4.78, 5) is 22.7. The number of thiophene rings is 1. The smallest absolute Gasteiger partial charge is 0.273 e. The molecule has 1 N–H and O–H groups in total. The second-order valence-corrected chi connectivity index (χ2v) is 6.12. The minimum atomic E-state index is -0.449. The molecule has 2 atom stereocenters. The maximum absolute atomic E-state index is 12.0. The van der Waals surface area contributed by atoms with E-state index in [1.54, 1.807) is 6.07 Å². The van der Waals surface area contributed by atoms with Gasteiger partial charge < -0.3 is 0 Å². The summed E-state index contributed by atoms with van der Waals surface area (Å²) in [7, 11) is 0. The number of carbonyl (C=O) groups is 1. The lowest BCUT2D eigenvalue weighted by molar-refractivity contribution is -0.380. The van der Waals surface area contributed by atoms with Crippen molar-refractivity contribution in [2.24, 2.45) is 11.0 Å². The number of benzene rings is 1. The van der Waals surface area contributed by atoms with Crippen molar-refractivity contribution in [1.29, 1.82) is 0 Å². The number of amides is 1. The molecule has 7 heteroatoms. The van der Waals surface area contributed by atoms with Gasteiger partial charge in [-0.1, -0.05) is 41.7 Å². The van der Waals surface area contributed by atoms with Crippen LogP contribution in [-0.4, -0.2) is 17.0 Å². The minimum absolute atomic E-state index is 0.0442. The lowest BCUT2D eigenvalue weighted by Crippen LogP contribution is -2.19. The van der Waals surface area contributed by atoms with Crippen LogP contribution in [0.2, 0.25) is 0 Å². The van der Waals surface area contributed by atoms with Crippen molar-refractivity contribution >= 4 is 28.5 Å². The summed E-state index contributed by atoms with van der Waals surface area (Å²) in [5.41, 5.74) is 3.67. The first-order valence-corrected chi connectivity index (χ1v) is 7.59. The SMILES string of the molecule is O=C(NN=Cc1ccc([N+](=O)[O-])s1)[C@H]1C[C@H]1c1ccccc1. The number of nitro groups is 1. The average molecular weight is 315 g/mol. The molecule has 1 aliphatic rings. The first-order valence-electron chi connectivity index (χ1n) is 6.77. The molecule has 1 aliphatic carbocycles. The number of rotatable bonds is 5. The van der Waals surface area contributed by atoms with Gasteiger partial charge in [0.25, 0.3) is 0 Å². The summed E-state index contributed by atoms with van der Waals surface area (Å²) in [6.45, 7) is 0. The molecule has 0 aliphatic heterocycles. The van der Waals surface area contributed by atoms with Crippen molar-refractivity contribution in [3.63, 3.8) is 0 Å². The summed E-state index contributed by atoms with van der Waals surface area (Å²) >= 11 is 1.01. The molecule has 1 heterocycles. The number of hydrogen-bond donors (Lipinski definition) is 1. The van der Waals surface area contributed by atoms with Gasteiger partial charge in [0, 0.05) is 12.0 Å². The highest BCUT2D eigenvalue weighted by Crippen LogP contribution is 2.47. The number of hydrazone groups is 1. The third-order valence-electron chi connectivity index (χ3n) is 3.51. The van der Waals surface area contributed by atoms with Crippen LogP contribution < -0.4 is 5.43 Å². The Morgan fingerprint density at radius 3 is 2.77 bits per heavy atom. The third kappa shape index (κ3) is 3.20. The van der Waals surface area contributed by atoms with Crippen molar-refractivity contribution < 1.29 is 9.72 Å². The van der Waals surface area contributed by atoms with E-state index in [2.05, 4.69) is 10.5 Å². The summed E-state index contributed by atoms with van der Waals surface area (Å²) < 4.78 is 0. The predicted octanol–water partition coefficient (Wildman–Crippen LogP) is 2.91. The number of nitrogens with zero attached hydrogens (tertiary/aromatic N) is 2. The second kappa shape index (κ2) is 6.07. The molecular formula is C15H13N3O3S. The van der Waals surface area contributed by atoms with Crippen LogP contribution in [0.15, 0.2) is 47.6 Å². The Morgan fingerprint density at radius 2 is 2.09 bits per heavy atom. The van der Waals surface area contributed by atoms with Crippen molar-refractivity contribution in [3.05, 3.63) is 63.0 Å². The van der Waals surface area contributed by atoms with Gasteiger partial charge >= 0.3 is 5.00 Å². The van der Waals surface area contributed by atoms with E-state index in [9.17, 15) is 14.9 Å². The summed E-state index contributed by atoms with van der Waals surface area (Å²) in [5.74, 6) is 0.104. The van der Waals surface area contributed by atoms with Gasteiger partial charge in [0.05, 0.1) is 16.0 Å². The molecule has 6 nitrogen and oxygen atoms in total. The monoisotopic (exact) mass is 315 g/mol. The van der Waals surface area contributed by atoms with E-state index in [-0.39, 0.29) is 22.7 Å². The van der Waals surface area contributed by atoms with Crippen molar-refractivity contribution in [3.8, 4) is 0 Å². The highest BCUT2D eigenvalue weighted by molar-refractivity contribution is 7.16. The van der Waals surface area contributed by atoms with Crippen molar-refractivity contribution in [1.82, 2.24) is 5.43 Å². The first kappa shape index (κ1) is 14.4. The molecule has 1 aromatic carbocycles. The Hall–Kier alpha value is -2.54. The topological polar surface area (TPSA) is 84.6 Å².